The number of ether oxygens (including phenoxy) is 1. The molecule has 29 heavy (non-hydrogen) atoms. The second-order valence-corrected chi connectivity index (χ2v) is 6.98. The molecule has 148 valence electrons. The van der Waals surface area contributed by atoms with Gasteiger partial charge in [0.05, 0.1) is 6.21 Å². The zero-order chi connectivity index (χ0) is 20.6. The normalized spacial score (nSPS) is 10.7. The molecule has 0 fully saturated rings. The number of hydrazone groups is 1. The molecule has 0 unspecified atom stereocenters. The molecule has 3 rings (SSSR count). The molecule has 0 saturated heterocycles. The standard InChI is InChI=1S/C24H25N3O2/c1-18-4-6-20(7-5-18)17-29-23-14-10-21(11-15-23)24(28)26-25-16-19-8-12-22(13-9-19)27(2)3/h4-16H,17H2,1-3H3,(H,26,28)/b25-16+. The highest BCUT2D eigenvalue weighted by Gasteiger charge is 2.05. The van der Waals surface area contributed by atoms with Crippen molar-refractivity contribution < 1.29 is 9.53 Å². The second-order valence-electron chi connectivity index (χ2n) is 6.98. The Morgan fingerprint density at radius 1 is 0.966 bits per heavy atom. The van der Waals surface area contributed by atoms with Gasteiger partial charge in [-0.05, 0) is 54.4 Å². The first-order chi connectivity index (χ1) is 14.0. The Morgan fingerprint density at radius 2 is 1.62 bits per heavy atom. The average molecular weight is 387 g/mol. The minimum atomic E-state index is -0.267. The van der Waals surface area contributed by atoms with Crippen LogP contribution in [0.5, 0.6) is 5.75 Å². The fraction of sp³-hybridized carbons (Fsp3) is 0.167. The van der Waals surface area contributed by atoms with Gasteiger partial charge in [0.1, 0.15) is 12.4 Å². The number of aryl methyl sites for hydroxylation is 1. The van der Waals surface area contributed by atoms with Crippen molar-refractivity contribution >= 4 is 17.8 Å². The van der Waals surface area contributed by atoms with Gasteiger partial charge in [0.2, 0.25) is 0 Å². The van der Waals surface area contributed by atoms with Crippen LogP contribution in [0, 0.1) is 6.92 Å². The Kier molecular flexibility index (Phi) is 6.63. The first-order valence-electron chi connectivity index (χ1n) is 9.40. The molecule has 0 aromatic heterocycles. The summed E-state index contributed by atoms with van der Waals surface area (Å²) in [6.07, 6.45) is 1.62. The topological polar surface area (TPSA) is 53.9 Å². The number of nitrogens with one attached hydrogen (secondary N) is 1. The van der Waals surface area contributed by atoms with Crippen LogP contribution in [0.2, 0.25) is 0 Å². The summed E-state index contributed by atoms with van der Waals surface area (Å²) in [5.74, 6) is 0.447. The molecule has 5 heteroatoms. The van der Waals surface area contributed by atoms with E-state index in [-0.39, 0.29) is 5.91 Å². The molecule has 3 aromatic rings. The Balaban J connectivity index is 1.51. The van der Waals surface area contributed by atoms with Gasteiger partial charge < -0.3 is 9.64 Å². The van der Waals surface area contributed by atoms with E-state index in [2.05, 4.69) is 29.6 Å². The van der Waals surface area contributed by atoms with Gasteiger partial charge in [-0.1, -0.05) is 42.0 Å². The first-order valence-corrected chi connectivity index (χ1v) is 9.40. The van der Waals surface area contributed by atoms with E-state index in [4.69, 9.17) is 4.74 Å². The molecule has 3 aromatic carbocycles. The van der Waals surface area contributed by atoms with Crippen molar-refractivity contribution in [3.63, 3.8) is 0 Å². The average Bonchev–Trinajstić information content (AvgIpc) is 2.74. The summed E-state index contributed by atoms with van der Waals surface area (Å²) in [6, 6.07) is 23.1. The molecule has 0 spiro atoms. The third-order valence-electron chi connectivity index (χ3n) is 4.43. The van der Waals surface area contributed by atoms with E-state index in [1.165, 1.54) is 5.56 Å². The SMILES string of the molecule is Cc1ccc(COc2ccc(C(=O)N/N=C/c3ccc(N(C)C)cc3)cc2)cc1. The third kappa shape index (κ3) is 5.94. The van der Waals surface area contributed by atoms with Crippen LogP contribution in [-0.4, -0.2) is 26.2 Å². The van der Waals surface area contributed by atoms with Gasteiger partial charge in [0.15, 0.2) is 0 Å². The number of carbonyl (C=O) groups excluding carboxylic acids is 1. The maximum Gasteiger partial charge on any atom is 0.271 e. The number of hydrogen-bond acceptors (Lipinski definition) is 4. The van der Waals surface area contributed by atoms with Crippen molar-refractivity contribution in [3.05, 3.63) is 95.1 Å². The molecule has 0 radical (unpaired) electrons. The summed E-state index contributed by atoms with van der Waals surface area (Å²) in [7, 11) is 3.98. The lowest BCUT2D eigenvalue weighted by Crippen LogP contribution is -2.17. The molecular formula is C24H25N3O2. The van der Waals surface area contributed by atoms with E-state index < -0.39 is 0 Å². The predicted octanol–water partition coefficient (Wildman–Crippen LogP) is 4.40. The van der Waals surface area contributed by atoms with Crippen LogP contribution in [0.25, 0.3) is 0 Å². The van der Waals surface area contributed by atoms with Gasteiger partial charge in [-0.25, -0.2) is 5.43 Å². The number of amides is 1. The quantitative estimate of drug-likeness (QED) is 0.483. The fourth-order valence-corrected chi connectivity index (χ4v) is 2.64. The fourth-order valence-electron chi connectivity index (χ4n) is 2.64. The summed E-state index contributed by atoms with van der Waals surface area (Å²) in [6.45, 7) is 2.54. The molecular weight excluding hydrogens is 362 g/mol. The lowest BCUT2D eigenvalue weighted by molar-refractivity contribution is 0.0955. The van der Waals surface area contributed by atoms with E-state index >= 15 is 0 Å². The van der Waals surface area contributed by atoms with Crippen molar-refractivity contribution in [1.29, 1.82) is 0 Å². The molecule has 0 atom stereocenters. The van der Waals surface area contributed by atoms with Crippen molar-refractivity contribution in [3.8, 4) is 5.75 Å². The molecule has 0 aliphatic heterocycles. The van der Waals surface area contributed by atoms with Gasteiger partial charge in [-0.2, -0.15) is 5.10 Å². The van der Waals surface area contributed by atoms with Crippen LogP contribution in [-0.2, 0) is 6.61 Å². The molecule has 0 aliphatic rings. The van der Waals surface area contributed by atoms with Crippen molar-refractivity contribution in [1.82, 2.24) is 5.43 Å². The predicted molar refractivity (Wildman–Crippen MR) is 118 cm³/mol. The van der Waals surface area contributed by atoms with Crippen LogP contribution < -0.4 is 15.1 Å². The lowest BCUT2D eigenvalue weighted by atomic mass is 10.2. The number of anilines is 1. The molecule has 5 nitrogen and oxygen atoms in total. The van der Waals surface area contributed by atoms with E-state index in [0.717, 1.165) is 16.8 Å². The number of nitrogens with zero attached hydrogens (tertiary/aromatic N) is 2. The van der Waals surface area contributed by atoms with Gasteiger partial charge in [-0.15, -0.1) is 0 Å². The van der Waals surface area contributed by atoms with Crippen molar-refractivity contribution in [2.75, 3.05) is 19.0 Å². The Morgan fingerprint density at radius 3 is 2.24 bits per heavy atom. The summed E-state index contributed by atoms with van der Waals surface area (Å²) in [5.41, 5.74) is 7.41. The van der Waals surface area contributed by atoms with Crippen LogP contribution in [0.15, 0.2) is 77.9 Å². The number of carbonyl (C=O) groups is 1. The second kappa shape index (κ2) is 9.55. The Labute approximate surface area is 171 Å². The first kappa shape index (κ1) is 20.1. The Bertz CT molecular complexity index is 961. The number of benzene rings is 3. The molecule has 0 saturated carbocycles. The highest BCUT2D eigenvalue weighted by Crippen LogP contribution is 2.15. The van der Waals surface area contributed by atoms with Crippen molar-refractivity contribution in [2.45, 2.75) is 13.5 Å². The van der Waals surface area contributed by atoms with Crippen LogP contribution in [0.4, 0.5) is 5.69 Å². The summed E-state index contributed by atoms with van der Waals surface area (Å²) in [4.78, 5) is 14.3. The van der Waals surface area contributed by atoms with Gasteiger partial charge in [0.25, 0.3) is 5.91 Å². The summed E-state index contributed by atoms with van der Waals surface area (Å²) < 4.78 is 5.77. The summed E-state index contributed by atoms with van der Waals surface area (Å²) >= 11 is 0. The van der Waals surface area contributed by atoms with Gasteiger partial charge >= 0.3 is 0 Å². The van der Waals surface area contributed by atoms with Gasteiger partial charge in [-0.3, -0.25) is 4.79 Å². The molecule has 0 heterocycles. The molecule has 0 aliphatic carbocycles. The van der Waals surface area contributed by atoms with Gasteiger partial charge in [0, 0.05) is 25.3 Å². The molecule has 0 bridgehead atoms. The van der Waals surface area contributed by atoms with Crippen LogP contribution in [0.1, 0.15) is 27.0 Å². The summed E-state index contributed by atoms with van der Waals surface area (Å²) in [5, 5.41) is 4.03. The largest absolute Gasteiger partial charge is 0.489 e. The van der Waals surface area contributed by atoms with Crippen molar-refractivity contribution in [2.24, 2.45) is 5.10 Å². The molecule has 1 N–H and O–H groups in total. The maximum atomic E-state index is 12.2. The van der Waals surface area contributed by atoms with E-state index in [1.807, 2.05) is 55.4 Å². The third-order valence-corrected chi connectivity index (χ3v) is 4.43. The smallest absolute Gasteiger partial charge is 0.271 e. The van der Waals surface area contributed by atoms with Crippen LogP contribution >= 0.6 is 0 Å². The Hall–Kier alpha value is -3.60. The molecule has 1 amide bonds. The maximum absolute atomic E-state index is 12.2. The lowest BCUT2D eigenvalue weighted by Gasteiger charge is -2.11. The number of hydrogen-bond donors (Lipinski definition) is 1. The minimum Gasteiger partial charge on any atom is -0.489 e. The minimum absolute atomic E-state index is 0.267. The highest BCUT2D eigenvalue weighted by molar-refractivity contribution is 5.95. The van der Waals surface area contributed by atoms with E-state index in [9.17, 15) is 4.79 Å². The zero-order valence-corrected chi connectivity index (χ0v) is 16.9. The van der Waals surface area contributed by atoms with E-state index in [0.29, 0.717) is 17.9 Å². The zero-order valence-electron chi connectivity index (χ0n) is 16.9. The monoisotopic (exact) mass is 387 g/mol. The number of rotatable bonds is 7. The highest BCUT2D eigenvalue weighted by atomic mass is 16.5. The van der Waals surface area contributed by atoms with E-state index in [1.54, 1.807) is 30.5 Å². The van der Waals surface area contributed by atoms with Crippen LogP contribution in [0.3, 0.4) is 0 Å².